The molecule has 0 bridgehead atoms. The molecule has 2 heterocycles. The van der Waals surface area contributed by atoms with Gasteiger partial charge in [0.25, 0.3) is 0 Å². The molecule has 2 aromatic heterocycles. The van der Waals surface area contributed by atoms with Crippen LogP contribution in [0.3, 0.4) is 0 Å². The Morgan fingerprint density at radius 1 is 1.15 bits per heavy atom. The van der Waals surface area contributed by atoms with Crippen LogP contribution < -0.4 is 16.0 Å². The first kappa shape index (κ1) is 24.3. The third-order valence-corrected chi connectivity index (χ3v) is 5.79. The van der Waals surface area contributed by atoms with Crippen LogP contribution in [0.5, 0.6) is 0 Å². The predicted octanol–water partition coefficient (Wildman–Crippen LogP) is 4.27. The average Bonchev–Trinajstić information content (AvgIpc) is 2.74. The number of aromatic nitrogens is 3. The number of halogens is 1. The molecule has 1 unspecified atom stereocenters. The van der Waals surface area contributed by atoms with Crippen molar-refractivity contribution in [2.24, 2.45) is 11.3 Å². The predicted molar refractivity (Wildman–Crippen MR) is 129 cm³/mol. The van der Waals surface area contributed by atoms with Crippen molar-refractivity contribution in [1.82, 2.24) is 20.3 Å². The van der Waals surface area contributed by atoms with Gasteiger partial charge in [0.05, 0.1) is 5.69 Å². The van der Waals surface area contributed by atoms with Gasteiger partial charge in [-0.1, -0.05) is 20.8 Å². The maximum atomic E-state index is 14.7. The number of aryl methyl sites for hydroxylation is 2. The Hall–Kier alpha value is -3.33. The van der Waals surface area contributed by atoms with Crippen molar-refractivity contribution in [2.45, 2.75) is 34.6 Å². The Morgan fingerprint density at radius 2 is 1.88 bits per heavy atom. The van der Waals surface area contributed by atoms with Crippen LogP contribution in [0, 0.1) is 31.0 Å². The summed E-state index contributed by atoms with van der Waals surface area (Å²) in [5.74, 6) is -0.180. The molecule has 176 valence electrons. The second kappa shape index (κ2) is 9.66. The normalized spacial score (nSPS) is 12.5. The Morgan fingerprint density at radius 3 is 2.52 bits per heavy atom. The molecule has 0 saturated carbocycles. The van der Waals surface area contributed by atoms with Gasteiger partial charge in [-0.15, -0.1) is 0 Å². The van der Waals surface area contributed by atoms with E-state index in [0.29, 0.717) is 17.2 Å². The molecule has 33 heavy (non-hydrogen) atoms. The quantitative estimate of drug-likeness (QED) is 0.443. The fourth-order valence-electron chi connectivity index (χ4n) is 3.53. The number of amides is 2. The Balaban J connectivity index is 1.89. The van der Waals surface area contributed by atoms with E-state index in [1.807, 2.05) is 40.7 Å². The first-order valence-electron chi connectivity index (χ1n) is 10.8. The number of carbonyl (C=O) groups excluding carboxylic acids is 1. The van der Waals surface area contributed by atoms with Crippen LogP contribution in [0.2, 0.25) is 0 Å². The molecule has 3 rings (SSSR count). The average molecular weight is 455 g/mol. The lowest BCUT2D eigenvalue weighted by Gasteiger charge is -2.29. The van der Waals surface area contributed by atoms with E-state index in [2.05, 4.69) is 30.9 Å². The lowest BCUT2D eigenvalue weighted by atomic mass is 9.81. The van der Waals surface area contributed by atoms with Gasteiger partial charge in [0.1, 0.15) is 5.82 Å². The van der Waals surface area contributed by atoms with Gasteiger partial charge in [0.15, 0.2) is 5.65 Å². The van der Waals surface area contributed by atoms with Gasteiger partial charge < -0.3 is 21.1 Å². The van der Waals surface area contributed by atoms with E-state index in [-0.39, 0.29) is 30.2 Å². The third-order valence-electron chi connectivity index (χ3n) is 5.79. The standard InChI is InChI=1S/C24H31FN6O2/c1-13-7-19(25)20(30-23(33)28-11-16(12-32)24(3,4)5)9-17(13)18-8-15-10-27-22(26-6)31-21(15)29-14(18)2/h7-10,16,32H,11-12H2,1-6H3,(H2,28,30,33)(H,26,27,29,31). The van der Waals surface area contributed by atoms with Gasteiger partial charge in [0.2, 0.25) is 5.95 Å². The van der Waals surface area contributed by atoms with E-state index in [4.69, 9.17) is 0 Å². The molecule has 8 nitrogen and oxygen atoms in total. The number of hydrogen-bond acceptors (Lipinski definition) is 6. The number of hydrogen-bond donors (Lipinski definition) is 4. The number of fused-ring (bicyclic) bond motifs is 1. The van der Waals surface area contributed by atoms with E-state index < -0.39 is 11.8 Å². The molecule has 1 aromatic carbocycles. The summed E-state index contributed by atoms with van der Waals surface area (Å²) in [4.78, 5) is 25.6. The summed E-state index contributed by atoms with van der Waals surface area (Å²) < 4.78 is 14.7. The summed E-state index contributed by atoms with van der Waals surface area (Å²) in [6.07, 6.45) is 1.68. The van der Waals surface area contributed by atoms with Crippen LogP contribution in [-0.2, 0) is 0 Å². The molecule has 0 fully saturated rings. The highest BCUT2D eigenvalue weighted by atomic mass is 19.1. The minimum atomic E-state index is -0.534. The lowest BCUT2D eigenvalue weighted by Crippen LogP contribution is -2.39. The van der Waals surface area contributed by atoms with E-state index in [1.165, 1.54) is 6.07 Å². The van der Waals surface area contributed by atoms with Crippen LogP contribution >= 0.6 is 0 Å². The van der Waals surface area contributed by atoms with E-state index >= 15 is 0 Å². The fraction of sp³-hybridized carbons (Fsp3) is 0.417. The van der Waals surface area contributed by atoms with Crippen molar-refractivity contribution < 1.29 is 14.3 Å². The Bertz CT molecular complexity index is 1180. The summed E-state index contributed by atoms with van der Waals surface area (Å²) in [7, 11) is 1.74. The van der Waals surface area contributed by atoms with Crippen molar-refractivity contribution in [2.75, 3.05) is 30.8 Å². The number of urea groups is 1. The van der Waals surface area contributed by atoms with Crippen molar-refractivity contribution >= 4 is 28.7 Å². The summed E-state index contributed by atoms with van der Waals surface area (Å²) in [5, 5.41) is 18.5. The first-order chi connectivity index (χ1) is 15.5. The zero-order valence-corrected chi connectivity index (χ0v) is 19.9. The molecule has 0 aliphatic rings. The number of aliphatic hydroxyl groups is 1. The van der Waals surface area contributed by atoms with Gasteiger partial charge in [-0.25, -0.2) is 19.2 Å². The number of pyridine rings is 1. The molecule has 4 N–H and O–H groups in total. The topological polar surface area (TPSA) is 112 Å². The summed E-state index contributed by atoms with van der Waals surface area (Å²) in [6, 6.07) is 4.38. The van der Waals surface area contributed by atoms with Gasteiger partial charge in [-0.05, 0) is 48.6 Å². The molecule has 0 aliphatic heterocycles. The number of rotatable bonds is 6. The van der Waals surface area contributed by atoms with E-state index in [9.17, 15) is 14.3 Å². The number of anilines is 2. The third kappa shape index (κ3) is 5.54. The van der Waals surface area contributed by atoms with Crippen molar-refractivity contribution in [3.63, 3.8) is 0 Å². The van der Waals surface area contributed by atoms with Gasteiger partial charge in [-0.2, -0.15) is 4.98 Å². The molecule has 3 aromatic rings. The molecule has 0 aliphatic carbocycles. The monoisotopic (exact) mass is 454 g/mol. The molecular formula is C24H31FN6O2. The SMILES string of the molecule is CNc1ncc2cc(-c3cc(NC(=O)NCC(CO)C(C)(C)C)c(F)cc3C)c(C)nc2n1. The largest absolute Gasteiger partial charge is 0.396 e. The second-order valence-corrected chi connectivity index (χ2v) is 9.21. The van der Waals surface area contributed by atoms with Crippen molar-refractivity contribution in [1.29, 1.82) is 0 Å². The number of carbonyl (C=O) groups is 1. The number of nitrogens with one attached hydrogen (secondary N) is 3. The number of benzene rings is 1. The number of nitrogens with zero attached hydrogens (tertiary/aromatic N) is 3. The minimum Gasteiger partial charge on any atom is -0.396 e. The molecule has 0 radical (unpaired) electrons. The maximum Gasteiger partial charge on any atom is 0.319 e. The Labute approximate surface area is 193 Å². The maximum absolute atomic E-state index is 14.7. The molecule has 0 spiro atoms. The number of aliphatic hydroxyl groups excluding tert-OH is 1. The van der Waals surface area contributed by atoms with Crippen molar-refractivity contribution in [3.8, 4) is 11.1 Å². The lowest BCUT2D eigenvalue weighted by molar-refractivity contribution is 0.131. The van der Waals surface area contributed by atoms with Crippen LogP contribution in [0.1, 0.15) is 32.0 Å². The van der Waals surface area contributed by atoms with Gasteiger partial charge in [0, 0.05) is 49.0 Å². The summed E-state index contributed by atoms with van der Waals surface area (Å²) in [6.45, 7) is 9.86. The van der Waals surface area contributed by atoms with Gasteiger partial charge in [-0.3, -0.25) is 0 Å². The van der Waals surface area contributed by atoms with Crippen LogP contribution in [-0.4, -0.2) is 46.3 Å². The van der Waals surface area contributed by atoms with E-state index in [1.54, 1.807) is 19.3 Å². The highest BCUT2D eigenvalue weighted by Gasteiger charge is 2.24. The highest BCUT2D eigenvalue weighted by molar-refractivity contribution is 5.91. The minimum absolute atomic E-state index is 0.0550. The molecule has 0 saturated heterocycles. The zero-order chi connectivity index (χ0) is 24.3. The van der Waals surface area contributed by atoms with Gasteiger partial charge >= 0.3 is 6.03 Å². The Kier molecular flexibility index (Phi) is 7.12. The summed E-state index contributed by atoms with van der Waals surface area (Å²) >= 11 is 0. The first-order valence-corrected chi connectivity index (χ1v) is 10.8. The van der Waals surface area contributed by atoms with Crippen LogP contribution in [0.15, 0.2) is 24.4 Å². The second-order valence-electron chi connectivity index (χ2n) is 9.21. The van der Waals surface area contributed by atoms with E-state index in [0.717, 1.165) is 22.2 Å². The molecule has 1 atom stereocenters. The van der Waals surface area contributed by atoms with Crippen molar-refractivity contribution in [3.05, 3.63) is 41.5 Å². The van der Waals surface area contributed by atoms with Crippen LogP contribution in [0.4, 0.5) is 20.8 Å². The summed E-state index contributed by atoms with van der Waals surface area (Å²) in [5.41, 5.74) is 3.43. The molecular weight excluding hydrogens is 423 g/mol. The molecule has 2 amide bonds. The smallest absolute Gasteiger partial charge is 0.319 e. The fourth-order valence-corrected chi connectivity index (χ4v) is 3.53. The highest BCUT2D eigenvalue weighted by Crippen LogP contribution is 2.32. The van der Waals surface area contributed by atoms with Crippen LogP contribution in [0.25, 0.3) is 22.2 Å². The zero-order valence-electron chi connectivity index (χ0n) is 19.9. The molecule has 9 heteroatoms.